The third-order valence-corrected chi connectivity index (χ3v) is 5.15. The minimum Gasteiger partial charge on any atom is -0.206 e. The lowest BCUT2D eigenvalue weighted by Gasteiger charge is -2.19. The lowest BCUT2D eigenvalue weighted by atomic mass is 9.86. The second-order valence-corrected chi connectivity index (χ2v) is 7.15. The molecule has 0 radical (unpaired) electrons. The van der Waals surface area contributed by atoms with Crippen molar-refractivity contribution in [1.82, 2.24) is 0 Å². The minimum absolute atomic E-state index is 0.330. The van der Waals surface area contributed by atoms with Gasteiger partial charge in [-0.25, -0.2) is 4.39 Å². The summed E-state index contributed by atoms with van der Waals surface area (Å²) in [5, 5.41) is 8.84. The van der Waals surface area contributed by atoms with Crippen LogP contribution >= 0.6 is 0 Å². The second-order valence-electron chi connectivity index (χ2n) is 7.15. The molecule has 0 saturated carbocycles. The highest BCUT2D eigenvalue weighted by atomic mass is 19.1. The van der Waals surface area contributed by atoms with Gasteiger partial charge >= 0.3 is 0 Å². The monoisotopic (exact) mass is 357 g/mol. The van der Waals surface area contributed by atoms with E-state index < -0.39 is 0 Å². The Balaban J connectivity index is 1.67. The molecular formula is C25H24FN. The highest BCUT2D eigenvalue weighted by molar-refractivity contribution is 5.66. The number of allylic oxidation sites excluding steroid dienone is 2. The summed E-state index contributed by atoms with van der Waals surface area (Å²) in [6.07, 6.45) is 9.72. The van der Waals surface area contributed by atoms with Crippen molar-refractivity contribution < 1.29 is 4.39 Å². The Morgan fingerprint density at radius 1 is 1.07 bits per heavy atom. The van der Waals surface area contributed by atoms with E-state index in [2.05, 4.69) is 24.8 Å². The fourth-order valence-electron chi connectivity index (χ4n) is 3.46. The topological polar surface area (TPSA) is 23.8 Å². The zero-order valence-corrected chi connectivity index (χ0v) is 15.8. The molecule has 0 saturated heterocycles. The molecule has 2 aromatic rings. The summed E-state index contributed by atoms with van der Waals surface area (Å²) in [5.74, 6) is 6.98. The Labute approximate surface area is 161 Å². The number of unbranched alkanes of at least 4 members (excludes halogenated alkanes) is 1. The van der Waals surface area contributed by atoms with Crippen LogP contribution in [-0.4, -0.2) is 0 Å². The van der Waals surface area contributed by atoms with Crippen LogP contribution in [0.1, 0.15) is 56.6 Å². The van der Waals surface area contributed by atoms with E-state index in [0.717, 1.165) is 29.9 Å². The first kappa shape index (κ1) is 18.9. The zero-order chi connectivity index (χ0) is 19.1. The van der Waals surface area contributed by atoms with Gasteiger partial charge in [0.15, 0.2) is 0 Å². The van der Waals surface area contributed by atoms with Gasteiger partial charge in [0.25, 0.3) is 0 Å². The van der Waals surface area contributed by atoms with E-state index in [0.29, 0.717) is 11.1 Å². The number of halogens is 1. The SMILES string of the molecule is CCCCC1CC=C(C#Cc2ccc(-c3ccc(C#N)cc3F)cc2)CC1. The summed E-state index contributed by atoms with van der Waals surface area (Å²) in [4.78, 5) is 0. The number of hydrogen-bond acceptors (Lipinski definition) is 1. The van der Waals surface area contributed by atoms with Crippen LogP contribution < -0.4 is 0 Å². The van der Waals surface area contributed by atoms with Crippen molar-refractivity contribution in [3.05, 3.63) is 71.1 Å². The van der Waals surface area contributed by atoms with Crippen LogP contribution in [0.4, 0.5) is 4.39 Å². The molecule has 1 atom stereocenters. The molecule has 0 heterocycles. The van der Waals surface area contributed by atoms with Gasteiger partial charge in [-0.3, -0.25) is 0 Å². The van der Waals surface area contributed by atoms with E-state index in [1.807, 2.05) is 30.3 Å². The average Bonchev–Trinajstić information content (AvgIpc) is 2.72. The Kier molecular flexibility index (Phi) is 6.45. The van der Waals surface area contributed by atoms with Gasteiger partial charge in [0.05, 0.1) is 11.6 Å². The molecule has 0 spiro atoms. The molecule has 3 rings (SSSR count). The van der Waals surface area contributed by atoms with Crippen LogP contribution in [0.25, 0.3) is 11.1 Å². The van der Waals surface area contributed by atoms with Crippen molar-refractivity contribution in [3.63, 3.8) is 0 Å². The summed E-state index contributed by atoms with van der Waals surface area (Å²) in [5.41, 5.74) is 3.79. The standard InChI is InChI=1S/C25H24FN/c1-2-3-4-19-5-7-20(8-6-19)9-10-21-11-14-23(15-12-21)24-16-13-22(18-27)17-25(24)26/h7,11-17,19H,2-6,8H2,1H3. The van der Waals surface area contributed by atoms with Gasteiger partial charge in [-0.15, -0.1) is 0 Å². The third-order valence-electron chi connectivity index (χ3n) is 5.15. The molecule has 1 aliphatic carbocycles. The smallest absolute Gasteiger partial charge is 0.132 e. The normalized spacial score (nSPS) is 16.0. The van der Waals surface area contributed by atoms with Gasteiger partial charge in [0.2, 0.25) is 0 Å². The van der Waals surface area contributed by atoms with Crippen molar-refractivity contribution in [2.75, 3.05) is 0 Å². The maximum Gasteiger partial charge on any atom is 0.132 e. The van der Waals surface area contributed by atoms with Gasteiger partial charge in [-0.2, -0.15) is 5.26 Å². The van der Waals surface area contributed by atoms with Crippen LogP contribution in [-0.2, 0) is 0 Å². The first-order valence-electron chi connectivity index (χ1n) is 9.70. The molecular weight excluding hydrogens is 333 g/mol. The predicted octanol–water partition coefficient (Wildman–Crippen LogP) is 6.63. The summed E-state index contributed by atoms with van der Waals surface area (Å²) >= 11 is 0. The largest absolute Gasteiger partial charge is 0.206 e. The molecule has 0 bridgehead atoms. The molecule has 0 aliphatic heterocycles. The van der Waals surface area contributed by atoms with Gasteiger partial charge in [-0.1, -0.05) is 62.3 Å². The average molecular weight is 357 g/mol. The van der Waals surface area contributed by atoms with Gasteiger partial charge < -0.3 is 0 Å². The molecule has 1 unspecified atom stereocenters. The maximum atomic E-state index is 14.1. The molecule has 0 N–H and O–H groups in total. The van der Waals surface area contributed by atoms with Crippen molar-refractivity contribution in [2.45, 2.75) is 45.4 Å². The predicted molar refractivity (Wildman–Crippen MR) is 108 cm³/mol. The quantitative estimate of drug-likeness (QED) is 0.563. The van der Waals surface area contributed by atoms with Crippen LogP contribution in [0.5, 0.6) is 0 Å². The summed E-state index contributed by atoms with van der Waals surface area (Å²) in [6, 6.07) is 14.1. The summed E-state index contributed by atoms with van der Waals surface area (Å²) in [6.45, 7) is 2.25. The summed E-state index contributed by atoms with van der Waals surface area (Å²) < 4.78 is 14.1. The molecule has 2 heteroatoms. The highest BCUT2D eigenvalue weighted by Gasteiger charge is 2.12. The summed E-state index contributed by atoms with van der Waals surface area (Å²) in [7, 11) is 0. The van der Waals surface area contributed by atoms with Crippen molar-refractivity contribution in [3.8, 4) is 29.0 Å². The molecule has 1 aliphatic rings. The fourth-order valence-corrected chi connectivity index (χ4v) is 3.46. The van der Waals surface area contributed by atoms with Crippen molar-refractivity contribution >= 4 is 0 Å². The molecule has 1 nitrogen and oxygen atoms in total. The molecule has 136 valence electrons. The van der Waals surface area contributed by atoms with Crippen molar-refractivity contribution in [1.29, 1.82) is 5.26 Å². The third kappa shape index (κ3) is 5.08. The lowest BCUT2D eigenvalue weighted by molar-refractivity contribution is 0.425. The second kappa shape index (κ2) is 9.20. The van der Waals surface area contributed by atoms with Gasteiger partial charge in [-0.05, 0) is 60.6 Å². The Morgan fingerprint density at radius 3 is 2.48 bits per heavy atom. The fraction of sp³-hybridized carbons (Fsp3) is 0.320. The maximum absolute atomic E-state index is 14.1. The molecule has 0 fully saturated rings. The number of hydrogen-bond donors (Lipinski definition) is 0. The van der Waals surface area contributed by atoms with Gasteiger partial charge in [0, 0.05) is 11.1 Å². The number of nitriles is 1. The van der Waals surface area contributed by atoms with Crippen LogP contribution in [0, 0.1) is 34.9 Å². The van der Waals surface area contributed by atoms with Gasteiger partial charge in [0.1, 0.15) is 5.82 Å². The van der Waals surface area contributed by atoms with E-state index in [1.165, 1.54) is 37.3 Å². The first-order valence-corrected chi connectivity index (χ1v) is 9.70. The Bertz CT molecular complexity index is 920. The zero-order valence-electron chi connectivity index (χ0n) is 15.8. The Hall–Kier alpha value is -2.84. The molecule has 0 amide bonds. The van der Waals surface area contributed by atoms with E-state index in [-0.39, 0.29) is 5.82 Å². The molecule has 0 aromatic heterocycles. The lowest BCUT2D eigenvalue weighted by Crippen LogP contribution is -2.05. The number of rotatable bonds is 4. The van der Waals surface area contributed by atoms with E-state index in [9.17, 15) is 4.39 Å². The van der Waals surface area contributed by atoms with Crippen LogP contribution in [0.15, 0.2) is 54.1 Å². The minimum atomic E-state index is -0.377. The number of nitrogens with zero attached hydrogens (tertiary/aromatic N) is 1. The molecule has 27 heavy (non-hydrogen) atoms. The van der Waals surface area contributed by atoms with Crippen molar-refractivity contribution in [2.24, 2.45) is 5.92 Å². The van der Waals surface area contributed by atoms with E-state index in [1.54, 1.807) is 12.1 Å². The van der Waals surface area contributed by atoms with Crippen LogP contribution in [0.3, 0.4) is 0 Å². The molecule has 2 aromatic carbocycles. The number of benzene rings is 2. The van der Waals surface area contributed by atoms with E-state index >= 15 is 0 Å². The highest BCUT2D eigenvalue weighted by Crippen LogP contribution is 2.27. The first-order chi connectivity index (χ1) is 13.2. The van der Waals surface area contributed by atoms with Crippen LogP contribution in [0.2, 0.25) is 0 Å². The van der Waals surface area contributed by atoms with E-state index in [4.69, 9.17) is 5.26 Å². The Morgan fingerprint density at radius 2 is 1.85 bits per heavy atom.